The van der Waals surface area contributed by atoms with Gasteiger partial charge in [-0.25, -0.2) is 0 Å². The zero-order valence-electron chi connectivity index (χ0n) is 18.4. The number of halogens is 1. The lowest BCUT2D eigenvalue weighted by Crippen LogP contribution is -2.07. The molecule has 7 heteroatoms. The number of nitrogens with one attached hydrogen (secondary N) is 1. The van der Waals surface area contributed by atoms with Crippen LogP contribution in [0.2, 0.25) is 5.02 Å². The van der Waals surface area contributed by atoms with E-state index in [9.17, 15) is 4.79 Å². The maximum absolute atomic E-state index is 12.4. The molecule has 1 N–H and O–H groups in total. The molecule has 0 fully saturated rings. The molecule has 0 aliphatic carbocycles. The number of hydrogen-bond donors (Lipinski definition) is 1. The number of rotatable bonds is 6. The first-order valence-corrected chi connectivity index (χ1v) is 11.3. The quantitative estimate of drug-likeness (QED) is 0.287. The molecule has 0 atom stereocenters. The zero-order chi connectivity index (χ0) is 23.5. The van der Waals surface area contributed by atoms with E-state index in [4.69, 9.17) is 16.0 Å². The minimum Gasteiger partial charge on any atom is -0.457 e. The molecular weight excluding hydrogens is 448 g/mol. The molecule has 3 aromatic carbocycles. The van der Waals surface area contributed by atoms with Crippen molar-refractivity contribution in [3.8, 4) is 17.0 Å². The Morgan fingerprint density at radius 2 is 1.74 bits per heavy atom. The molecule has 0 bridgehead atoms. The fourth-order valence-corrected chi connectivity index (χ4v) is 3.65. The van der Waals surface area contributed by atoms with Gasteiger partial charge in [0.2, 0.25) is 5.91 Å². The van der Waals surface area contributed by atoms with Crippen molar-refractivity contribution in [1.82, 2.24) is 15.0 Å². The summed E-state index contributed by atoms with van der Waals surface area (Å²) in [6, 6.07) is 24.6. The lowest BCUT2D eigenvalue weighted by Gasteiger charge is -2.01. The van der Waals surface area contributed by atoms with E-state index >= 15 is 0 Å². The minimum atomic E-state index is -0.272. The molecule has 2 heterocycles. The van der Waals surface area contributed by atoms with Crippen molar-refractivity contribution in [3.63, 3.8) is 0 Å². The SMILES string of the molecule is CCc1ccc(-n2nc3ccc(NC(=O)/C=C/c4ccc(-c5ccc(Cl)cc5)o4)cc3n2)cc1. The molecule has 1 amide bonds. The van der Waals surface area contributed by atoms with E-state index in [2.05, 4.69) is 34.6 Å². The number of benzene rings is 3. The molecule has 0 saturated heterocycles. The number of hydrogen-bond acceptors (Lipinski definition) is 4. The van der Waals surface area contributed by atoms with Crippen molar-refractivity contribution in [2.24, 2.45) is 0 Å². The second-order valence-electron chi connectivity index (χ2n) is 7.74. The third-order valence-electron chi connectivity index (χ3n) is 5.38. The predicted molar refractivity (Wildman–Crippen MR) is 135 cm³/mol. The molecule has 0 spiro atoms. The highest BCUT2D eigenvalue weighted by Crippen LogP contribution is 2.24. The van der Waals surface area contributed by atoms with Gasteiger partial charge in [-0.3, -0.25) is 4.79 Å². The van der Waals surface area contributed by atoms with Crippen molar-refractivity contribution in [3.05, 3.63) is 101 Å². The first-order valence-electron chi connectivity index (χ1n) is 10.9. The lowest BCUT2D eigenvalue weighted by atomic mass is 10.2. The van der Waals surface area contributed by atoms with Crippen molar-refractivity contribution < 1.29 is 9.21 Å². The Balaban J connectivity index is 1.27. The number of aryl methyl sites for hydroxylation is 1. The number of furan rings is 1. The fraction of sp³-hybridized carbons (Fsp3) is 0.0741. The molecule has 6 nitrogen and oxygen atoms in total. The summed E-state index contributed by atoms with van der Waals surface area (Å²) in [4.78, 5) is 14.0. The molecule has 0 unspecified atom stereocenters. The Kier molecular flexibility index (Phi) is 5.97. The average molecular weight is 469 g/mol. The first-order chi connectivity index (χ1) is 16.6. The van der Waals surface area contributed by atoms with Crippen molar-refractivity contribution >= 4 is 40.3 Å². The lowest BCUT2D eigenvalue weighted by molar-refractivity contribution is -0.111. The number of amides is 1. The van der Waals surface area contributed by atoms with Crippen LogP contribution in [0.1, 0.15) is 18.2 Å². The Morgan fingerprint density at radius 1 is 0.971 bits per heavy atom. The first kappa shape index (κ1) is 21.7. The van der Waals surface area contributed by atoms with Gasteiger partial charge in [-0.15, -0.1) is 10.2 Å². The van der Waals surface area contributed by atoms with Gasteiger partial charge >= 0.3 is 0 Å². The predicted octanol–water partition coefficient (Wildman–Crippen LogP) is 6.55. The standard InChI is InChI=1S/C27H21ClN4O2/c1-2-18-3-10-22(11-4-18)32-30-24-14-9-21(17-25(24)31-32)29-27(33)16-13-23-12-15-26(34-23)19-5-7-20(28)8-6-19/h3-17H,2H2,1H3,(H,29,33)/b16-13+. The summed E-state index contributed by atoms with van der Waals surface area (Å²) in [6.07, 6.45) is 4.04. The molecule has 0 aliphatic rings. The molecule has 5 rings (SSSR count). The normalized spacial score (nSPS) is 11.4. The highest BCUT2D eigenvalue weighted by Gasteiger charge is 2.08. The van der Waals surface area contributed by atoms with Crippen LogP contribution >= 0.6 is 11.6 Å². The van der Waals surface area contributed by atoms with Crippen LogP contribution in [-0.4, -0.2) is 20.9 Å². The third kappa shape index (κ3) is 4.77. The molecule has 168 valence electrons. The fourth-order valence-electron chi connectivity index (χ4n) is 3.53. The van der Waals surface area contributed by atoms with E-state index in [-0.39, 0.29) is 5.91 Å². The van der Waals surface area contributed by atoms with E-state index in [0.717, 1.165) is 23.2 Å². The van der Waals surface area contributed by atoms with E-state index in [1.165, 1.54) is 11.6 Å². The summed E-state index contributed by atoms with van der Waals surface area (Å²) in [7, 11) is 0. The topological polar surface area (TPSA) is 73.0 Å². The number of carbonyl (C=O) groups is 1. The van der Waals surface area contributed by atoms with Gasteiger partial charge in [-0.05, 0) is 84.8 Å². The number of nitrogens with zero attached hydrogens (tertiary/aromatic N) is 3. The van der Waals surface area contributed by atoms with E-state index in [0.29, 0.717) is 27.7 Å². The number of anilines is 1. The summed E-state index contributed by atoms with van der Waals surface area (Å²) >= 11 is 5.93. The maximum Gasteiger partial charge on any atom is 0.248 e. The highest BCUT2D eigenvalue weighted by atomic mass is 35.5. The summed E-state index contributed by atoms with van der Waals surface area (Å²) in [5.74, 6) is 1.01. The number of aromatic nitrogens is 3. The number of carbonyl (C=O) groups excluding carboxylic acids is 1. The Hall–Kier alpha value is -4.16. The highest BCUT2D eigenvalue weighted by molar-refractivity contribution is 6.30. The van der Waals surface area contributed by atoms with Gasteiger partial charge in [-0.1, -0.05) is 30.7 Å². The van der Waals surface area contributed by atoms with Crippen LogP contribution in [0.3, 0.4) is 0 Å². The minimum absolute atomic E-state index is 0.272. The molecular formula is C27H21ClN4O2. The summed E-state index contributed by atoms with van der Waals surface area (Å²) < 4.78 is 5.80. The number of fused-ring (bicyclic) bond motifs is 1. The van der Waals surface area contributed by atoms with Crippen molar-refractivity contribution in [1.29, 1.82) is 0 Å². The molecule has 5 aromatic rings. The van der Waals surface area contributed by atoms with Gasteiger partial charge < -0.3 is 9.73 Å². The van der Waals surface area contributed by atoms with Gasteiger partial charge in [0.15, 0.2) is 0 Å². The van der Waals surface area contributed by atoms with Gasteiger partial charge in [0, 0.05) is 22.3 Å². The Morgan fingerprint density at radius 3 is 2.50 bits per heavy atom. The van der Waals surface area contributed by atoms with E-state index < -0.39 is 0 Å². The zero-order valence-corrected chi connectivity index (χ0v) is 19.2. The van der Waals surface area contributed by atoms with Crippen LogP contribution in [0, 0.1) is 0 Å². The van der Waals surface area contributed by atoms with Gasteiger partial charge in [0.1, 0.15) is 22.6 Å². The van der Waals surface area contributed by atoms with Crippen LogP contribution in [0.25, 0.3) is 34.1 Å². The van der Waals surface area contributed by atoms with Crippen LogP contribution < -0.4 is 5.32 Å². The molecule has 0 radical (unpaired) electrons. The van der Waals surface area contributed by atoms with Gasteiger partial charge in [-0.2, -0.15) is 4.80 Å². The summed E-state index contributed by atoms with van der Waals surface area (Å²) in [5.41, 5.74) is 5.14. The smallest absolute Gasteiger partial charge is 0.248 e. The van der Waals surface area contributed by atoms with Crippen molar-refractivity contribution in [2.75, 3.05) is 5.32 Å². The van der Waals surface area contributed by atoms with Crippen LogP contribution in [0.4, 0.5) is 5.69 Å². The summed E-state index contributed by atoms with van der Waals surface area (Å²) in [6.45, 7) is 2.12. The maximum atomic E-state index is 12.4. The molecule has 34 heavy (non-hydrogen) atoms. The monoisotopic (exact) mass is 468 g/mol. The van der Waals surface area contributed by atoms with Gasteiger partial charge in [0.25, 0.3) is 0 Å². The average Bonchev–Trinajstić information content (AvgIpc) is 3.50. The van der Waals surface area contributed by atoms with Crippen LogP contribution in [0.15, 0.2) is 89.4 Å². The van der Waals surface area contributed by atoms with E-state index in [1.54, 1.807) is 35.1 Å². The molecule has 2 aromatic heterocycles. The van der Waals surface area contributed by atoms with Crippen LogP contribution in [-0.2, 0) is 11.2 Å². The second kappa shape index (κ2) is 9.37. The van der Waals surface area contributed by atoms with E-state index in [1.807, 2.05) is 42.5 Å². The van der Waals surface area contributed by atoms with Crippen LogP contribution in [0.5, 0.6) is 0 Å². The Labute approximate surface area is 201 Å². The second-order valence-corrected chi connectivity index (χ2v) is 8.18. The summed E-state index contributed by atoms with van der Waals surface area (Å²) in [5, 5.41) is 12.6. The molecule has 0 saturated carbocycles. The van der Waals surface area contributed by atoms with Crippen molar-refractivity contribution in [2.45, 2.75) is 13.3 Å². The largest absolute Gasteiger partial charge is 0.457 e. The third-order valence-corrected chi connectivity index (χ3v) is 5.63. The molecule has 0 aliphatic heterocycles. The Bertz CT molecular complexity index is 1480. The van der Waals surface area contributed by atoms with Gasteiger partial charge in [0.05, 0.1) is 5.69 Å².